The zero-order valence-electron chi connectivity index (χ0n) is 5.87. The van der Waals surface area contributed by atoms with Crippen molar-refractivity contribution in [3.05, 3.63) is 11.3 Å². The third-order valence-electron chi connectivity index (χ3n) is 1.86. The molecule has 58 valence electrons. The second-order valence-corrected chi connectivity index (χ2v) is 2.58. The van der Waals surface area contributed by atoms with Crippen LogP contribution in [0.2, 0.25) is 0 Å². The van der Waals surface area contributed by atoms with Crippen LogP contribution in [0.5, 0.6) is 0 Å². The maximum atomic E-state index is 10.3. The van der Waals surface area contributed by atoms with Crippen molar-refractivity contribution in [2.45, 2.75) is 13.1 Å². The van der Waals surface area contributed by atoms with E-state index in [-0.39, 0.29) is 0 Å². The molecule has 0 aliphatic carbocycles. The van der Waals surface area contributed by atoms with Crippen molar-refractivity contribution in [1.82, 2.24) is 15.1 Å². The Bertz CT molecular complexity index is 293. The average molecular weight is 152 g/mol. The number of aromatic nitrogens is 2. The molecule has 5 nitrogen and oxygen atoms in total. The number of nitrogens with one attached hydrogen (secondary N) is 1. The highest BCUT2D eigenvalue weighted by atomic mass is 16.1. The average Bonchev–Trinajstić information content (AvgIpc) is 2.53. The van der Waals surface area contributed by atoms with Crippen LogP contribution in [0.3, 0.4) is 0 Å². The van der Waals surface area contributed by atoms with Gasteiger partial charge in [0.2, 0.25) is 6.41 Å². The first-order valence-corrected chi connectivity index (χ1v) is 3.32. The highest BCUT2D eigenvalue weighted by Crippen LogP contribution is 2.23. The summed E-state index contributed by atoms with van der Waals surface area (Å²) in [5.41, 5.74) is 7.43. The van der Waals surface area contributed by atoms with E-state index < -0.39 is 0 Å². The van der Waals surface area contributed by atoms with Crippen molar-refractivity contribution in [1.29, 1.82) is 0 Å². The van der Waals surface area contributed by atoms with Crippen LogP contribution in [0.25, 0.3) is 0 Å². The first kappa shape index (κ1) is 6.21. The lowest BCUT2D eigenvalue weighted by Gasteiger charge is -2.05. The Morgan fingerprint density at radius 3 is 3.09 bits per heavy atom. The zero-order valence-corrected chi connectivity index (χ0v) is 5.87. The van der Waals surface area contributed by atoms with E-state index in [0.29, 0.717) is 18.9 Å². The Balaban J connectivity index is 2.34. The molecule has 0 unspecified atom stereocenters. The van der Waals surface area contributed by atoms with Gasteiger partial charge in [0.05, 0.1) is 18.8 Å². The minimum Gasteiger partial charge on any atom is -0.382 e. The summed E-state index contributed by atoms with van der Waals surface area (Å²) in [6, 6.07) is 0. The van der Waals surface area contributed by atoms with Gasteiger partial charge in [-0.2, -0.15) is 5.10 Å². The molecule has 3 N–H and O–H groups in total. The van der Waals surface area contributed by atoms with Gasteiger partial charge in [0.15, 0.2) is 5.82 Å². The second-order valence-electron chi connectivity index (χ2n) is 2.58. The summed E-state index contributed by atoms with van der Waals surface area (Å²) in [6.45, 7) is 1.18. The number of anilines is 1. The third kappa shape index (κ3) is 0.772. The molecule has 1 aliphatic heterocycles. The molecule has 0 bridgehead atoms. The van der Waals surface area contributed by atoms with Gasteiger partial charge in [0.1, 0.15) is 0 Å². The molecule has 11 heavy (non-hydrogen) atoms. The Kier molecular flexibility index (Phi) is 1.12. The molecule has 0 radical (unpaired) electrons. The van der Waals surface area contributed by atoms with Gasteiger partial charge in [-0.15, -0.1) is 0 Å². The molecule has 0 spiro atoms. The van der Waals surface area contributed by atoms with Gasteiger partial charge in [0, 0.05) is 5.56 Å². The van der Waals surface area contributed by atoms with Crippen LogP contribution < -0.4 is 5.73 Å². The molecular weight excluding hydrogens is 144 g/mol. The van der Waals surface area contributed by atoms with E-state index in [4.69, 9.17) is 5.73 Å². The zero-order chi connectivity index (χ0) is 7.84. The summed E-state index contributed by atoms with van der Waals surface area (Å²) in [6.07, 6.45) is 0.813. The molecule has 1 aromatic rings. The van der Waals surface area contributed by atoms with E-state index in [1.165, 1.54) is 0 Å². The van der Waals surface area contributed by atoms with Crippen LogP contribution in [0.4, 0.5) is 5.82 Å². The summed E-state index contributed by atoms with van der Waals surface area (Å²) >= 11 is 0. The summed E-state index contributed by atoms with van der Waals surface area (Å²) in [5.74, 6) is 0.504. The van der Waals surface area contributed by atoms with Gasteiger partial charge in [-0.3, -0.25) is 9.89 Å². The molecule has 1 amide bonds. The van der Waals surface area contributed by atoms with Crippen molar-refractivity contribution in [3.8, 4) is 0 Å². The first-order chi connectivity index (χ1) is 5.31. The lowest BCUT2D eigenvalue weighted by atomic mass is 10.3. The fraction of sp³-hybridized carbons (Fsp3) is 0.333. The predicted molar refractivity (Wildman–Crippen MR) is 38.3 cm³/mol. The molecule has 0 saturated carbocycles. The van der Waals surface area contributed by atoms with Gasteiger partial charge in [-0.25, -0.2) is 0 Å². The number of hydrogen-bond donors (Lipinski definition) is 2. The smallest absolute Gasteiger partial charge is 0.210 e. The minimum atomic E-state index is 0.504. The van der Waals surface area contributed by atoms with E-state index in [2.05, 4.69) is 10.2 Å². The van der Waals surface area contributed by atoms with Gasteiger partial charge in [-0.1, -0.05) is 0 Å². The maximum Gasteiger partial charge on any atom is 0.210 e. The summed E-state index contributed by atoms with van der Waals surface area (Å²) in [7, 11) is 0. The number of nitrogens with zero attached hydrogens (tertiary/aromatic N) is 2. The van der Waals surface area contributed by atoms with Gasteiger partial charge in [0.25, 0.3) is 0 Å². The van der Waals surface area contributed by atoms with Crippen LogP contribution in [-0.2, 0) is 17.9 Å². The topological polar surface area (TPSA) is 75.0 Å². The SMILES string of the molecule is Nc1n[nH]c2c1CN(C=O)C2. The number of rotatable bonds is 1. The molecule has 1 aliphatic rings. The Morgan fingerprint density at radius 1 is 1.64 bits per heavy atom. The van der Waals surface area contributed by atoms with Crippen LogP contribution in [0.15, 0.2) is 0 Å². The molecule has 1 aromatic heterocycles. The number of amides is 1. The lowest BCUT2D eigenvalue weighted by Crippen LogP contribution is -2.14. The maximum absolute atomic E-state index is 10.3. The number of hydrogen-bond acceptors (Lipinski definition) is 3. The normalized spacial score (nSPS) is 15.1. The van der Waals surface area contributed by atoms with Crippen molar-refractivity contribution >= 4 is 12.2 Å². The van der Waals surface area contributed by atoms with Crippen molar-refractivity contribution in [3.63, 3.8) is 0 Å². The minimum absolute atomic E-state index is 0.504. The fourth-order valence-corrected chi connectivity index (χ4v) is 1.26. The molecule has 0 saturated heterocycles. The summed E-state index contributed by atoms with van der Waals surface area (Å²) in [4.78, 5) is 12.0. The van der Waals surface area contributed by atoms with Crippen LogP contribution in [0.1, 0.15) is 11.3 Å². The highest BCUT2D eigenvalue weighted by molar-refractivity contribution is 5.53. The second kappa shape index (κ2) is 1.98. The summed E-state index contributed by atoms with van der Waals surface area (Å²) in [5, 5.41) is 6.59. The first-order valence-electron chi connectivity index (χ1n) is 3.32. The molecule has 0 aromatic carbocycles. The molecule has 2 rings (SSSR count). The van der Waals surface area contributed by atoms with Gasteiger partial charge in [-0.05, 0) is 0 Å². The number of nitrogens with two attached hydrogens (primary N) is 1. The fourth-order valence-electron chi connectivity index (χ4n) is 1.26. The van der Waals surface area contributed by atoms with E-state index >= 15 is 0 Å². The number of carbonyl (C=O) groups excluding carboxylic acids is 1. The molecule has 2 heterocycles. The standard InChI is InChI=1S/C6H8N4O/c7-6-4-1-10(3-11)2-5(4)8-9-6/h3H,1-2H2,(H3,7,8,9). The summed E-state index contributed by atoms with van der Waals surface area (Å²) < 4.78 is 0. The molecule has 0 atom stereocenters. The van der Waals surface area contributed by atoms with Crippen molar-refractivity contribution in [2.24, 2.45) is 0 Å². The Hall–Kier alpha value is -1.52. The third-order valence-corrected chi connectivity index (χ3v) is 1.86. The predicted octanol–water partition coefficient (Wildman–Crippen LogP) is -0.536. The number of fused-ring (bicyclic) bond motifs is 1. The number of aromatic amines is 1. The number of carbonyl (C=O) groups is 1. The van der Waals surface area contributed by atoms with Gasteiger partial charge < -0.3 is 10.6 Å². The largest absolute Gasteiger partial charge is 0.382 e. The van der Waals surface area contributed by atoms with E-state index in [1.54, 1.807) is 4.90 Å². The molecule has 5 heteroatoms. The Labute approximate surface area is 63.2 Å². The van der Waals surface area contributed by atoms with Crippen LogP contribution in [-0.4, -0.2) is 21.5 Å². The Morgan fingerprint density at radius 2 is 2.45 bits per heavy atom. The lowest BCUT2D eigenvalue weighted by molar-refractivity contribution is -0.118. The van der Waals surface area contributed by atoms with E-state index in [0.717, 1.165) is 17.7 Å². The number of H-pyrrole nitrogens is 1. The number of nitrogen functional groups attached to an aromatic ring is 1. The molecular formula is C6H8N4O. The van der Waals surface area contributed by atoms with Crippen LogP contribution >= 0.6 is 0 Å². The van der Waals surface area contributed by atoms with E-state index in [9.17, 15) is 4.79 Å². The monoisotopic (exact) mass is 152 g/mol. The molecule has 0 fully saturated rings. The highest BCUT2D eigenvalue weighted by Gasteiger charge is 2.21. The van der Waals surface area contributed by atoms with Crippen LogP contribution in [0, 0.1) is 0 Å². The van der Waals surface area contributed by atoms with Crippen molar-refractivity contribution in [2.75, 3.05) is 5.73 Å². The van der Waals surface area contributed by atoms with E-state index in [1.807, 2.05) is 0 Å². The van der Waals surface area contributed by atoms with Crippen molar-refractivity contribution < 1.29 is 4.79 Å². The van der Waals surface area contributed by atoms with Gasteiger partial charge >= 0.3 is 0 Å². The quantitative estimate of drug-likeness (QED) is 0.531.